The molecule has 0 heterocycles. The number of alkyl halides is 2. The van der Waals surface area contributed by atoms with E-state index in [4.69, 9.17) is 22.1 Å². The highest BCUT2D eigenvalue weighted by Crippen LogP contribution is 2.35. The molecule has 0 atom stereocenters. The van der Waals surface area contributed by atoms with E-state index in [0.717, 1.165) is 17.8 Å². The van der Waals surface area contributed by atoms with Gasteiger partial charge >= 0.3 is 0 Å². The van der Waals surface area contributed by atoms with Crippen LogP contribution in [0.4, 0.5) is 25.8 Å². The Bertz CT molecular complexity index is 741. The molecule has 2 aromatic rings. The Labute approximate surface area is 151 Å². The van der Waals surface area contributed by atoms with Crippen molar-refractivity contribution < 1.29 is 13.5 Å². The molecule has 4 nitrogen and oxygen atoms in total. The van der Waals surface area contributed by atoms with Crippen molar-refractivity contribution in [2.75, 3.05) is 36.7 Å². The van der Waals surface area contributed by atoms with Gasteiger partial charge in [-0.2, -0.15) is 0 Å². The molecule has 25 heavy (non-hydrogen) atoms. The Kier molecular flexibility index (Phi) is 6.31. The predicted octanol–water partition coefficient (Wildman–Crippen LogP) is 4.94. The molecule has 0 aromatic heterocycles. The fourth-order valence-corrected chi connectivity index (χ4v) is 2.87. The average molecular weight is 370 g/mol. The van der Waals surface area contributed by atoms with E-state index < -0.39 is 6.43 Å². The first-order valence-corrected chi connectivity index (χ1v) is 8.24. The third-order valence-electron chi connectivity index (χ3n) is 4.05. The Morgan fingerprint density at radius 2 is 2.00 bits per heavy atom. The minimum atomic E-state index is -2.60. The van der Waals surface area contributed by atoms with E-state index in [1.54, 1.807) is 19.2 Å². The van der Waals surface area contributed by atoms with Gasteiger partial charge in [-0.15, -0.1) is 0 Å². The van der Waals surface area contributed by atoms with Gasteiger partial charge in [-0.05, 0) is 37.3 Å². The molecule has 0 bridgehead atoms. The maximum absolute atomic E-state index is 12.8. The molecule has 7 heteroatoms. The number of ether oxygens (including phenoxy) is 1. The van der Waals surface area contributed by atoms with Crippen LogP contribution in [0.1, 0.15) is 24.5 Å². The number of nitrogens with zero attached hydrogens (tertiary/aromatic N) is 1. The number of hydrogen-bond donors (Lipinski definition) is 2. The monoisotopic (exact) mass is 369 g/mol. The van der Waals surface area contributed by atoms with Gasteiger partial charge in [0.05, 0.1) is 23.5 Å². The minimum Gasteiger partial charge on any atom is -0.496 e. The molecule has 2 aromatic carbocycles. The molecule has 0 unspecified atom stereocenters. The molecule has 0 fully saturated rings. The lowest BCUT2D eigenvalue weighted by Crippen LogP contribution is -2.20. The Morgan fingerprint density at radius 3 is 2.56 bits per heavy atom. The highest BCUT2D eigenvalue weighted by molar-refractivity contribution is 6.31. The molecule has 0 aliphatic rings. The van der Waals surface area contributed by atoms with Crippen molar-refractivity contribution in [3.63, 3.8) is 0 Å². The van der Waals surface area contributed by atoms with E-state index in [2.05, 4.69) is 5.32 Å². The van der Waals surface area contributed by atoms with Crippen molar-refractivity contribution in [3.8, 4) is 5.75 Å². The van der Waals surface area contributed by atoms with Crippen LogP contribution < -0.4 is 20.7 Å². The van der Waals surface area contributed by atoms with Gasteiger partial charge in [-0.25, -0.2) is 8.78 Å². The summed E-state index contributed by atoms with van der Waals surface area (Å²) >= 11 is 5.92. The van der Waals surface area contributed by atoms with Gasteiger partial charge in [-0.3, -0.25) is 0 Å². The van der Waals surface area contributed by atoms with Gasteiger partial charge in [0.2, 0.25) is 0 Å². The van der Waals surface area contributed by atoms with Gasteiger partial charge in [0.15, 0.2) is 0 Å². The van der Waals surface area contributed by atoms with Gasteiger partial charge in [0.1, 0.15) is 5.75 Å². The Morgan fingerprint density at radius 1 is 1.28 bits per heavy atom. The topological polar surface area (TPSA) is 50.5 Å². The first kappa shape index (κ1) is 19.1. The number of rotatable bonds is 7. The lowest BCUT2D eigenvalue weighted by atomic mass is 10.1. The van der Waals surface area contributed by atoms with E-state index in [-0.39, 0.29) is 10.6 Å². The maximum atomic E-state index is 12.8. The Hall–Kier alpha value is -2.21. The molecular formula is C18H22ClF2N3O. The second-order valence-corrected chi connectivity index (χ2v) is 6.00. The summed E-state index contributed by atoms with van der Waals surface area (Å²) in [5.74, 6) is 0.701. The SMILES string of the molecule is CCN(C)c1c(N)ccc(OC)c1CNc1ccc(C(F)F)c(Cl)c1. The van der Waals surface area contributed by atoms with Crippen LogP contribution in [0, 0.1) is 0 Å². The summed E-state index contributed by atoms with van der Waals surface area (Å²) < 4.78 is 31.0. The number of nitrogens with one attached hydrogen (secondary N) is 1. The third kappa shape index (κ3) is 4.25. The first-order chi connectivity index (χ1) is 11.9. The summed E-state index contributed by atoms with van der Waals surface area (Å²) in [5, 5.41) is 3.23. The first-order valence-electron chi connectivity index (χ1n) is 7.87. The van der Waals surface area contributed by atoms with Crippen LogP contribution in [-0.2, 0) is 6.54 Å². The summed E-state index contributed by atoms with van der Waals surface area (Å²) in [6.45, 7) is 3.22. The van der Waals surface area contributed by atoms with Crippen LogP contribution in [0.5, 0.6) is 5.75 Å². The number of halogens is 3. The zero-order valence-electron chi connectivity index (χ0n) is 14.4. The molecular weight excluding hydrogens is 348 g/mol. The Balaban J connectivity index is 2.31. The van der Waals surface area contributed by atoms with Gasteiger partial charge in [0, 0.05) is 37.0 Å². The number of hydrogen-bond acceptors (Lipinski definition) is 4. The molecule has 0 saturated heterocycles. The van der Waals surface area contributed by atoms with E-state index in [1.165, 1.54) is 12.1 Å². The summed E-state index contributed by atoms with van der Waals surface area (Å²) in [4.78, 5) is 2.03. The van der Waals surface area contributed by atoms with E-state index in [1.807, 2.05) is 24.9 Å². The second-order valence-electron chi connectivity index (χ2n) is 5.59. The smallest absolute Gasteiger partial charge is 0.265 e. The van der Waals surface area contributed by atoms with E-state index >= 15 is 0 Å². The van der Waals surface area contributed by atoms with Crippen LogP contribution in [0.3, 0.4) is 0 Å². The molecule has 0 amide bonds. The zero-order chi connectivity index (χ0) is 18.6. The summed E-state index contributed by atoms with van der Waals surface area (Å²) in [7, 11) is 3.54. The van der Waals surface area contributed by atoms with Crippen LogP contribution >= 0.6 is 11.6 Å². The molecule has 2 rings (SSSR count). The van der Waals surface area contributed by atoms with Crippen molar-refractivity contribution in [1.82, 2.24) is 0 Å². The zero-order valence-corrected chi connectivity index (χ0v) is 15.2. The van der Waals surface area contributed by atoms with E-state index in [9.17, 15) is 8.78 Å². The number of nitrogens with two attached hydrogens (primary N) is 1. The molecule has 136 valence electrons. The largest absolute Gasteiger partial charge is 0.496 e. The fourth-order valence-electron chi connectivity index (χ4n) is 2.61. The lowest BCUT2D eigenvalue weighted by Gasteiger charge is -2.25. The van der Waals surface area contributed by atoms with Gasteiger partial charge in [0.25, 0.3) is 6.43 Å². The fraction of sp³-hybridized carbons (Fsp3) is 0.333. The van der Waals surface area contributed by atoms with Crippen LogP contribution in [0.15, 0.2) is 30.3 Å². The van der Waals surface area contributed by atoms with Crippen molar-refractivity contribution in [3.05, 3.63) is 46.5 Å². The van der Waals surface area contributed by atoms with Gasteiger partial charge < -0.3 is 20.7 Å². The summed E-state index contributed by atoms with van der Waals surface area (Å²) in [6.07, 6.45) is -2.60. The number of nitrogen functional groups attached to an aromatic ring is 1. The summed E-state index contributed by atoms with van der Waals surface area (Å²) in [6, 6.07) is 8.01. The molecule has 0 radical (unpaired) electrons. The molecule has 0 aliphatic heterocycles. The van der Waals surface area contributed by atoms with Crippen LogP contribution in [-0.4, -0.2) is 20.7 Å². The standard InChI is InChI=1S/C18H22ClF2N3O/c1-4-24(2)17-13(16(25-3)8-7-15(17)22)10-23-11-5-6-12(18(20)21)14(19)9-11/h5-9,18,23H,4,10,22H2,1-3H3. The lowest BCUT2D eigenvalue weighted by molar-refractivity contribution is 0.151. The minimum absolute atomic E-state index is 0.0328. The van der Waals surface area contributed by atoms with Gasteiger partial charge in [-0.1, -0.05) is 11.6 Å². The van der Waals surface area contributed by atoms with Crippen LogP contribution in [0.25, 0.3) is 0 Å². The van der Waals surface area contributed by atoms with Crippen molar-refractivity contribution in [2.24, 2.45) is 0 Å². The normalized spacial score (nSPS) is 10.8. The predicted molar refractivity (Wildman–Crippen MR) is 100 cm³/mol. The highest BCUT2D eigenvalue weighted by atomic mass is 35.5. The third-order valence-corrected chi connectivity index (χ3v) is 4.38. The van der Waals surface area contributed by atoms with Crippen LogP contribution in [0.2, 0.25) is 5.02 Å². The second kappa shape index (κ2) is 8.25. The average Bonchev–Trinajstić information content (AvgIpc) is 2.59. The van der Waals surface area contributed by atoms with Crippen molar-refractivity contribution in [1.29, 1.82) is 0 Å². The van der Waals surface area contributed by atoms with Crippen molar-refractivity contribution >= 4 is 28.7 Å². The number of benzene rings is 2. The highest BCUT2D eigenvalue weighted by Gasteiger charge is 2.16. The molecule has 0 saturated carbocycles. The molecule has 3 N–H and O–H groups in total. The molecule has 0 aliphatic carbocycles. The van der Waals surface area contributed by atoms with Crippen molar-refractivity contribution in [2.45, 2.75) is 19.9 Å². The quantitative estimate of drug-likeness (QED) is 0.679. The summed E-state index contributed by atoms with van der Waals surface area (Å²) in [5.41, 5.74) is 9.02. The number of anilines is 3. The molecule has 0 spiro atoms. The van der Waals surface area contributed by atoms with E-state index in [0.29, 0.717) is 23.7 Å². The number of methoxy groups -OCH3 is 1. The maximum Gasteiger partial charge on any atom is 0.265 e.